The molecule has 326 valence electrons. The molecule has 0 fully saturated rings. The molecule has 0 spiro atoms. The van der Waals surface area contributed by atoms with Crippen LogP contribution in [0.1, 0.15) is 181 Å². The molecular weight excluding hydrogens is 735 g/mol. The molecule has 0 aliphatic carbocycles. The van der Waals surface area contributed by atoms with Gasteiger partial charge in [-0.2, -0.15) is 0 Å². The second-order valence-electron chi connectivity index (χ2n) is 14.4. The molecule has 0 radical (unpaired) electrons. The third-order valence-corrected chi connectivity index (χ3v) is 10.1. The van der Waals surface area contributed by atoms with Gasteiger partial charge in [-0.15, -0.1) is 0 Å². The highest BCUT2D eigenvalue weighted by Gasteiger charge is 2.24. The Bertz CT molecular complexity index is 1200. The van der Waals surface area contributed by atoms with Crippen LogP contribution in [0.4, 0.5) is 0 Å². The molecule has 0 rings (SSSR count). The number of unbranched alkanes of at least 4 members (excludes halogenated alkanes) is 15. The van der Waals surface area contributed by atoms with Crippen molar-refractivity contribution in [3.63, 3.8) is 0 Å². The normalized spacial score (nSPS) is 14.1. The van der Waals surface area contributed by atoms with E-state index >= 15 is 0 Å². The van der Waals surface area contributed by atoms with Crippen LogP contribution in [0.25, 0.3) is 0 Å². The Morgan fingerprint density at radius 3 is 1.40 bits per heavy atom. The van der Waals surface area contributed by atoms with Crippen molar-refractivity contribution < 1.29 is 37.6 Å². The summed E-state index contributed by atoms with van der Waals surface area (Å²) >= 11 is 0. The zero-order valence-electron chi connectivity index (χ0n) is 36.2. The van der Waals surface area contributed by atoms with Crippen molar-refractivity contribution in [3.05, 3.63) is 85.1 Å². The topological polar surface area (TPSA) is 108 Å². The van der Waals surface area contributed by atoms with Gasteiger partial charge in [-0.3, -0.25) is 18.6 Å². The summed E-state index contributed by atoms with van der Waals surface area (Å²) in [5, 5.41) is 0. The van der Waals surface area contributed by atoms with Gasteiger partial charge in [0.1, 0.15) is 6.61 Å². The number of ether oxygens (including phenoxy) is 2. The van der Waals surface area contributed by atoms with Crippen LogP contribution in [0.15, 0.2) is 85.1 Å². The summed E-state index contributed by atoms with van der Waals surface area (Å²) in [5.74, 6) is -0.908. The van der Waals surface area contributed by atoms with E-state index in [4.69, 9.17) is 14.0 Å². The van der Waals surface area contributed by atoms with Crippen molar-refractivity contribution in [1.82, 2.24) is 0 Å². The first-order valence-electron chi connectivity index (χ1n) is 22.3. The maximum absolute atomic E-state index is 12.5. The molecule has 0 bridgehead atoms. The van der Waals surface area contributed by atoms with Crippen LogP contribution in [-0.2, 0) is 32.7 Å². The van der Waals surface area contributed by atoms with E-state index in [1.165, 1.54) is 89.9 Å². The van der Waals surface area contributed by atoms with E-state index in [1.54, 1.807) is 0 Å². The molecule has 0 aromatic rings. The number of phosphoric ester groups is 1. The first-order valence-corrected chi connectivity index (χ1v) is 23.8. The van der Waals surface area contributed by atoms with Crippen molar-refractivity contribution in [3.8, 4) is 0 Å². The van der Waals surface area contributed by atoms with Gasteiger partial charge in [0, 0.05) is 20.0 Å². The molecule has 0 amide bonds. The maximum Gasteiger partial charge on any atom is 0.472 e. The monoisotopic (exact) mass is 817 g/mol. The average molecular weight is 817 g/mol. The lowest BCUT2D eigenvalue weighted by atomic mass is 10.1. The first kappa shape index (κ1) is 54.2. The van der Waals surface area contributed by atoms with Gasteiger partial charge in [0.15, 0.2) is 6.10 Å². The third-order valence-electron chi connectivity index (χ3n) is 9.14. The molecule has 0 aliphatic heterocycles. The second-order valence-corrected chi connectivity index (χ2v) is 16.0. The Hall–Kier alpha value is -2.77. The molecular formula is C48H81O8P. The Kier molecular flexibility index (Phi) is 40.7. The highest BCUT2D eigenvalue weighted by Crippen LogP contribution is 2.42. The standard InChI is InChI=1S/C48H81O8P/c1-4-6-8-10-12-14-16-18-20-22-24-26-28-30-32-34-36-38-40-42-47(49)54-44-46(45-55-57(51,52)53-3)56-48(50)43-41-39-37-35-33-31-29-27-25-23-21-19-17-15-13-11-9-7-5-2/h7,9,13,15,18-21,25,27,31,33,37,39,46H,4-6,8,10-12,14,16-17,22-24,26,28-30,32,34-36,38,40-45H2,1-3H3,(H,51,52)/b9-7-,15-13-,20-18-,21-19-,27-25-,33-31-,39-37-. The number of phosphoric acid groups is 1. The zero-order chi connectivity index (χ0) is 41.8. The molecule has 0 aromatic carbocycles. The molecule has 2 atom stereocenters. The third kappa shape index (κ3) is 42.7. The summed E-state index contributed by atoms with van der Waals surface area (Å²) in [7, 11) is -3.24. The SMILES string of the molecule is CC/C=C\C/C=C\C/C=C\C/C=C\C/C=C\C/C=C\CCC(=O)OC(COC(=O)CCCCCCCCCCC/C=C\CCCCCCCC)COP(=O)(O)OC. The highest BCUT2D eigenvalue weighted by molar-refractivity contribution is 7.47. The fourth-order valence-corrected chi connectivity index (χ4v) is 6.20. The van der Waals surface area contributed by atoms with Gasteiger partial charge in [0.2, 0.25) is 0 Å². The van der Waals surface area contributed by atoms with Crippen LogP contribution in [-0.4, -0.2) is 43.3 Å². The number of rotatable bonds is 40. The van der Waals surface area contributed by atoms with Gasteiger partial charge in [0.25, 0.3) is 0 Å². The van der Waals surface area contributed by atoms with Gasteiger partial charge in [0.05, 0.1) is 6.61 Å². The average Bonchev–Trinajstić information content (AvgIpc) is 3.20. The largest absolute Gasteiger partial charge is 0.472 e. The van der Waals surface area contributed by atoms with Gasteiger partial charge in [-0.1, -0.05) is 176 Å². The maximum atomic E-state index is 12.5. The van der Waals surface area contributed by atoms with Crippen LogP contribution in [0.5, 0.6) is 0 Å². The Labute approximate surface area is 348 Å². The second kappa shape index (κ2) is 42.8. The fraction of sp³-hybridized carbons (Fsp3) is 0.667. The number of hydrogen-bond acceptors (Lipinski definition) is 7. The van der Waals surface area contributed by atoms with E-state index in [-0.39, 0.29) is 19.4 Å². The van der Waals surface area contributed by atoms with Gasteiger partial charge >= 0.3 is 19.8 Å². The molecule has 9 heteroatoms. The van der Waals surface area contributed by atoms with E-state index in [1.807, 2.05) is 12.2 Å². The predicted molar refractivity (Wildman–Crippen MR) is 239 cm³/mol. The molecule has 0 heterocycles. The minimum Gasteiger partial charge on any atom is -0.462 e. The summed E-state index contributed by atoms with van der Waals surface area (Å²) in [6, 6.07) is 0. The number of hydrogen-bond donors (Lipinski definition) is 1. The van der Waals surface area contributed by atoms with Crippen molar-refractivity contribution in [2.24, 2.45) is 0 Å². The van der Waals surface area contributed by atoms with Crippen LogP contribution in [0.3, 0.4) is 0 Å². The van der Waals surface area contributed by atoms with E-state index < -0.39 is 32.5 Å². The number of carbonyl (C=O) groups is 2. The van der Waals surface area contributed by atoms with Crippen molar-refractivity contribution in [2.45, 2.75) is 187 Å². The smallest absolute Gasteiger partial charge is 0.462 e. The fourth-order valence-electron chi connectivity index (χ4n) is 5.74. The molecule has 0 aromatic heterocycles. The minimum atomic E-state index is -4.29. The molecule has 57 heavy (non-hydrogen) atoms. The lowest BCUT2D eigenvalue weighted by Crippen LogP contribution is -2.29. The van der Waals surface area contributed by atoms with Crippen molar-refractivity contribution in [1.29, 1.82) is 0 Å². The lowest BCUT2D eigenvalue weighted by molar-refractivity contribution is -0.161. The Balaban J connectivity index is 4.11. The summed E-state index contributed by atoms with van der Waals surface area (Å²) in [6.07, 6.45) is 56.5. The Morgan fingerprint density at radius 1 is 0.509 bits per heavy atom. The molecule has 0 saturated heterocycles. The van der Waals surface area contributed by atoms with Crippen molar-refractivity contribution in [2.75, 3.05) is 20.3 Å². The summed E-state index contributed by atoms with van der Waals surface area (Å²) in [5.41, 5.74) is 0. The summed E-state index contributed by atoms with van der Waals surface area (Å²) in [6.45, 7) is 3.71. The van der Waals surface area contributed by atoms with Crippen molar-refractivity contribution >= 4 is 19.8 Å². The Morgan fingerprint density at radius 2 is 0.930 bits per heavy atom. The van der Waals surface area contributed by atoms with Gasteiger partial charge in [-0.25, -0.2) is 4.57 Å². The zero-order valence-corrected chi connectivity index (χ0v) is 37.1. The van der Waals surface area contributed by atoms with E-state index in [9.17, 15) is 19.0 Å². The number of allylic oxidation sites excluding steroid dienone is 14. The van der Waals surface area contributed by atoms with Gasteiger partial charge < -0.3 is 14.4 Å². The van der Waals surface area contributed by atoms with Crippen LogP contribution in [0, 0.1) is 0 Å². The quantitative estimate of drug-likeness (QED) is 0.0282. The van der Waals surface area contributed by atoms with E-state index in [0.29, 0.717) is 6.42 Å². The molecule has 2 unspecified atom stereocenters. The van der Waals surface area contributed by atoms with Crippen LogP contribution >= 0.6 is 7.82 Å². The lowest BCUT2D eigenvalue weighted by Gasteiger charge is -2.19. The van der Waals surface area contributed by atoms with Crippen LogP contribution in [0.2, 0.25) is 0 Å². The van der Waals surface area contributed by atoms with Gasteiger partial charge in [-0.05, 0) is 77.0 Å². The molecule has 1 N–H and O–H groups in total. The number of carbonyl (C=O) groups excluding carboxylic acids is 2. The van der Waals surface area contributed by atoms with E-state index in [0.717, 1.165) is 64.9 Å². The molecule has 0 aliphatic rings. The molecule has 0 saturated carbocycles. The number of esters is 2. The summed E-state index contributed by atoms with van der Waals surface area (Å²) in [4.78, 5) is 34.5. The predicted octanol–water partition coefficient (Wildman–Crippen LogP) is 14.3. The highest BCUT2D eigenvalue weighted by atomic mass is 31.2. The minimum absolute atomic E-state index is 0.115. The first-order chi connectivity index (χ1) is 27.8. The van der Waals surface area contributed by atoms with E-state index in [2.05, 4.69) is 91.3 Å². The van der Waals surface area contributed by atoms with Crippen LogP contribution < -0.4 is 0 Å². The molecule has 8 nitrogen and oxygen atoms in total. The summed E-state index contributed by atoms with van der Waals surface area (Å²) < 4.78 is 31.9.